The maximum Gasteiger partial charge on any atom is 0.271 e. The number of amides is 2. The Hall–Kier alpha value is -4.99. The molecule has 0 aliphatic heterocycles. The van der Waals surface area contributed by atoms with Gasteiger partial charge in [0.2, 0.25) is 0 Å². The van der Waals surface area contributed by atoms with Crippen LogP contribution in [-0.4, -0.2) is 29.6 Å². The summed E-state index contributed by atoms with van der Waals surface area (Å²) >= 11 is 7.38. The molecule has 0 fully saturated rings. The van der Waals surface area contributed by atoms with Gasteiger partial charge in [0.1, 0.15) is 5.75 Å². The number of hydrazone groups is 1. The summed E-state index contributed by atoms with van der Waals surface area (Å²) in [7, 11) is 0. The normalized spacial score (nSPS) is 10.8. The van der Waals surface area contributed by atoms with Crippen LogP contribution in [0.15, 0.2) is 114 Å². The lowest BCUT2D eigenvalue weighted by Crippen LogP contribution is -2.20. The molecule has 1 aromatic heterocycles. The summed E-state index contributed by atoms with van der Waals surface area (Å²) in [6, 6.07) is 30.8. The number of carbonyl (C=O) groups is 2. The maximum atomic E-state index is 12.6. The van der Waals surface area contributed by atoms with Crippen LogP contribution in [-0.2, 0) is 4.79 Å². The molecular weight excluding hydrogens is 558 g/mol. The molecule has 5 rings (SSSR count). The molecule has 0 radical (unpaired) electrons. The third-order valence-electron chi connectivity index (χ3n) is 5.75. The minimum absolute atomic E-state index is 0.199. The number of aromatic nitrogens is 1. The Morgan fingerprint density at radius 2 is 1.61 bits per heavy atom. The highest BCUT2D eigenvalue weighted by Gasteiger charge is 2.09. The zero-order valence-electron chi connectivity index (χ0n) is 21.6. The van der Waals surface area contributed by atoms with Gasteiger partial charge in [-0.05, 0) is 60.7 Å². The predicted molar refractivity (Wildman–Crippen MR) is 164 cm³/mol. The van der Waals surface area contributed by atoms with Crippen LogP contribution >= 0.6 is 22.9 Å². The average molecular weight is 582 g/mol. The van der Waals surface area contributed by atoms with Crippen LogP contribution in [0.2, 0.25) is 5.02 Å². The summed E-state index contributed by atoms with van der Waals surface area (Å²) in [5.41, 5.74) is 6.88. The molecule has 41 heavy (non-hydrogen) atoms. The monoisotopic (exact) mass is 581 g/mol. The minimum Gasteiger partial charge on any atom is -0.483 e. The molecule has 0 spiro atoms. The van der Waals surface area contributed by atoms with Crippen molar-refractivity contribution in [2.24, 2.45) is 5.10 Å². The van der Waals surface area contributed by atoms with Gasteiger partial charge in [0.25, 0.3) is 11.8 Å². The van der Waals surface area contributed by atoms with E-state index in [0.717, 1.165) is 22.1 Å². The number of anilines is 3. The van der Waals surface area contributed by atoms with E-state index in [2.05, 4.69) is 26.1 Å². The third kappa shape index (κ3) is 7.78. The van der Waals surface area contributed by atoms with Gasteiger partial charge in [0.15, 0.2) is 11.7 Å². The number of rotatable bonds is 10. The van der Waals surface area contributed by atoms with Crippen molar-refractivity contribution < 1.29 is 14.3 Å². The lowest BCUT2D eigenvalue weighted by atomic mass is 10.1. The number of nitrogens with one attached hydrogen (secondary N) is 3. The van der Waals surface area contributed by atoms with Crippen molar-refractivity contribution in [1.29, 1.82) is 0 Å². The van der Waals surface area contributed by atoms with Crippen LogP contribution in [0.5, 0.6) is 5.75 Å². The molecule has 0 aliphatic rings. The van der Waals surface area contributed by atoms with Crippen molar-refractivity contribution in [2.75, 3.05) is 17.2 Å². The average Bonchev–Trinajstić information content (AvgIpc) is 3.47. The van der Waals surface area contributed by atoms with E-state index in [4.69, 9.17) is 16.3 Å². The SMILES string of the molecule is O=C(COc1ccccc1/C=N/NC(=O)c1ccc(-c2csc(Nc3ccccc3)n2)cc1)Nc1ccc(Cl)cc1. The van der Waals surface area contributed by atoms with E-state index in [-0.39, 0.29) is 18.4 Å². The van der Waals surface area contributed by atoms with Gasteiger partial charge in [-0.1, -0.05) is 54.1 Å². The summed E-state index contributed by atoms with van der Waals surface area (Å²) in [6.07, 6.45) is 1.47. The van der Waals surface area contributed by atoms with E-state index in [0.29, 0.717) is 27.6 Å². The van der Waals surface area contributed by atoms with Crippen LogP contribution in [0.3, 0.4) is 0 Å². The first-order chi connectivity index (χ1) is 20.0. The highest BCUT2D eigenvalue weighted by Crippen LogP contribution is 2.27. The van der Waals surface area contributed by atoms with E-state index in [1.165, 1.54) is 17.6 Å². The summed E-state index contributed by atoms with van der Waals surface area (Å²) in [6.45, 7) is -0.199. The second-order valence-corrected chi connectivity index (χ2v) is 9.98. The number of carbonyl (C=O) groups excluding carboxylic acids is 2. The molecule has 8 nitrogen and oxygen atoms in total. The van der Waals surface area contributed by atoms with Crippen LogP contribution < -0.4 is 20.8 Å². The first-order valence-electron chi connectivity index (χ1n) is 12.5. The van der Waals surface area contributed by atoms with Crippen molar-refractivity contribution in [3.8, 4) is 17.0 Å². The van der Waals surface area contributed by atoms with Crippen LogP contribution in [0, 0.1) is 0 Å². The van der Waals surface area contributed by atoms with Gasteiger partial charge in [0.05, 0.1) is 11.9 Å². The zero-order chi connectivity index (χ0) is 28.4. The van der Waals surface area contributed by atoms with E-state index in [1.807, 2.05) is 53.9 Å². The second kappa shape index (κ2) is 13.4. The summed E-state index contributed by atoms with van der Waals surface area (Å²) in [5.74, 6) is -0.235. The van der Waals surface area contributed by atoms with Gasteiger partial charge in [-0.25, -0.2) is 10.4 Å². The molecule has 0 bridgehead atoms. The van der Waals surface area contributed by atoms with Gasteiger partial charge < -0.3 is 15.4 Å². The highest BCUT2D eigenvalue weighted by atomic mass is 35.5. The van der Waals surface area contributed by atoms with Crippen LogP contribution in [0.4, 0.5) is 16.5 Å². The van der Waals surface area contributed by atoms with E-state index in [9.17, 15) is 9.59 Å². The van der Waals surface area contributed by atoms with Crippen LogP contribution in [0.25, 0.3) is 11.3 Å². The van der Waals surface area contributed by atoms with E-state index in [1.54, 1.807) is 54.6 Å². The summed E-state index contributed by atoms with van der Waals surface area (Å²) in [4.78, 5) is 29.5. The van der Waals surface area contributed by atoms with Crippen molar-refractivity contribution in [3.05, 3.63) is 125 Å². The topological polar surface area (TPSA) is 105 Å². The lowest BCUT2D eigenvalue weighted by Gasteiger charge is -2.09. The smallest absolute Gasteiger partial charge is 0.271 e. The standard InChI is InChI=1S/C31H24ClN5O3S/c32-24-14-16-26(17-15-24)34-29(38)19-40-28-9-5-4-6-23(28)18-33-37-30(39)22-12-10-21(11-13-22)27-20-41-31(36-27)35-25-7-2-1-3-8-25/h1-18,20H,19H2,(H,34,38)(H,35,36)(H,37,39)/b33-18+. The molecule has 0 saturated heterocycles. The molecule has 10 heteroatoms. The molecule has 0 saturated carbocycles. The zero-order valence-corrected chi connectivity index (χ0v) is 23.2. The predicted octanol–water partition coefficient (Wildman–Crippen LogP) is 6.99. The molecule has 3 N–H and O–H groups in total. The number of hydrogen-bond acceptors (Lipinski definition) is 7. The Balaban J connectivity index is 1.14. The minimum atomic E-state index is -0.363. The van der Waals surface area contributed by atoms with Gasteiger partial charge in [-0.3, -0.25) is 9.59 Å². The summed E-state index contributed by atoms with van der Waals surface area (Å²) < 4.78 is 5.68. The van der Waals surface area contributed by atoms with Gasteiger partial charge in [0, 0.05) is 38.5 Å². The van der Waals surface area contributed by atoms with Crippen molar-refractivity contribution in [2.45, 2.75) is 0 Å². The van der Waals surface area contributed by atoms with E-state index >= 15 is 0 Å². The molecule has 2 amide bonds. The molecule has 0 unspecified atom stereocenters. The number of nitrogens with zero attached hydrogens (tertiary/aromatic N) is 2. The van der Waals surface area contributed by atoms with E-state index < -0.39 is 0 Å². The fourth-order valence-electron chi connectivity index (χ4n) is 3.72. The Morgan fingerprint density at radius 1 is 0.878 bits per heavy atom. The van der Waals surface area contributed by atoms with Crippen LogP contribution in [0.1, 0.15) is 15.9 Å². The Bertz CT molecular complexity index is 1660. The number of para-hydroxylation sites is 2. The maximum absolute atomic E-state index is 12.6. The Labute approximate surface area is 245 Å². The number of hydrogen-bond donors (Lipinski definition) is 3. The number of benzene rings is 4. The Kier molecular flexibility index (Phi) is 9.00. The quantitative estimate of drug-likeness (QED) is 0.122. The number of ether oxygens (including phenoxy) is 1. The highest BCUT2D eigenvalue weighted by molar-refractivity contribution is 7.14. The molecule has 204 valence electrons. The largest absolute Gasteiger partial charge is 0.483 e. The molecule has 1 heterocycles. The number of thiazole rings is 1. The second-order valence-electron chi connectivity index (χ2n) is 8.69. The Morgan fingerprint density at radius 3 is 2.39 bits per heavy atom. The van der Waals surface area contributed by atoms with Gasteiger partial charge in [-0.15, -0.1) is 11.3 Å². The summed E-state index contributed by atoms with van der Waals surface area (Å²) in [5, 5.41) is 13.4. The fourth-order valence-corrected chi connectivity index (χ4v) is 4.58. The van der Waals surface area contributed by atoms with Gasteiger partial charge >= 0.3 is 0 Å². The van der Waals surface area contributed by atoms with Crippen molar-refractivity contribution in [3.63, 3.8) is 0 Å². The molecule has 4 aromatic carbocycles. The van der Waals surface area contributed by atoms with Crippen molar-refractivity contribution in [1.82, 2.24) is 10.4 Å². The van der Waals surface area contributed by atoms with Gasteiger partial charge in [-0.2, -0.15) is 5.10 Å². The number of halogens is 1. The molecular formula is C31H24ClN5O3S. The first-order valence-corrected chi connectivity index (χ1v) is 13.8. The third-order valence-corrected chi connectivity index (χ3v) is 6.76. The molecule has 5 aromatic rings. The first kappa shape index (κ1) is 27.6. The van der Waals surface area contributed by atoms with Crippen molar-refractivity contribution >= 4 is 57.5 Å². The molecule has 0 atom stereocenters. The molecule has 0 aliphatic carbocycles. The lowest BCUT2D eigenvalue weighted by molar-refractivity contribution is -0.118. The fraction of sp³-hybridized carbons (Fsp3) is 0.0323.